The molecular formula is C24H37FIN5O2. The van der Waals surface area contributed by atoms with Gasteiger partial charge in [0, 0.05) is 19.7 Å². The molecule has 184 valence electrons. The molecule has 1 aliphatic rings. The number of ether oxygens (including phenoxy) is 1. The van der Waals surface area contributed by atoms with Gasteiger partial charge in [0.15, 0.2) is 5.96 Å². The fraction of sp³-hybridized carbons (Fsp3) is 0.583. The van der Waals surface area contributed by atoms with Crippen molar-refractivity contribution < 1.29 is 13.5 Å². The third-order valence-corrected chi connectivity index (χ3v) is 5.97. The number of aryl methyl sites for hydroxylation is 2. The van der Waals surface area contributed by atoms with E-state index in [1.165, 1.54) is 12.1 Å². The van der Waals surface area contributed by atoms with Crippen LogP contribution in [0.15, 0.2) is 33.7 Å². The highest BCUT2D eigenvalue weighted by atomic mass is 127. The fourth-order valence-electron chi connectivity index (χ4n) is 3.82. The Balaban J connectivity index is 0.00000385. The molecule has 33 heavy (non-hydrogen) atoms. The van der Waals surface area contributed by atoms with Gasteiger partial charge in [0.1, 0.15) is 23.4 Å². The molecule has 1 fully saturated rings. The van der Waals surface area contributed by atoms with Gasteiger partial charge in [-0.3, -0.25) is 9.89 Å². The lowest BCUT2D eigenvalue weighted by Crippen LogP contribution is -2.45. The van der Waals surface area contributed by atoms with Gasteiger partial charge in [0.2, 0.25) is 5.89 Å². The maximum absolute atomic E-state index is 13.4. The summed E-state index contributed by atoms with van der Waals surface area (Å²) in [6.07, 6.45) is 3.00. The Morgan fingerprint density at radius 3 is 2.67 bits per heavy atom. The molecule has 0 saturated carbocycles. The molecular weight excluding hydrogens is 536 g/mol. The Morgan fingerprint density at radius 1 is 1.30 bits per heavy atom. The summed E-state index contributed by atoms with van der Waals surface area (Å²) in [5.74, 6) is 3.34. The average Bonchev–Trinajstić information content (AvgIpc) is 3.10. The Hall–Kier alpha value is -1.88. The molecule has 1 unspecified atom stereocenters. The van der Waals surface area contributed by atoms with Crippen LogP contribution in [0.4, 0.5) is 4.39 Å². The van der Waals surface area contributed by atoms with Crippen LogP contribution in [0.3, 0.4) is 0 Å². The largest absolute Gasteiger partial charge is 0.489 e. The van der Waals surface area contributed by atoms with Crippen molar-refractivity contribution in [3.63, 3.8) is 0 Å². The first kappa shape index (κ1) is 27.4. The number of rotatable bonds is 9. The number of aromatic nitrogens is 1. The van der Waals surface area contributed by atoms with Crippen LogP contribution >= 0.6 is 24.0 Å². The summed E-state index contributed by atoms with van der Waals surface area (Å²) in [6, 6.07) is 6.25. The minimum atomic E-state index is -0.292. The van der Waals surface area contributed by atoms with Crippen LogP contribution in [0, 0.1) is 25.6 Å². The van der Waals surface area contributed by atoms with Crippen molar-refractivity contribution in [1.29, 1.82) is 0 Å². The molecule has 1 aliphatic heterocycles. The van der Waals surface area contributed by atoms with E-state index in [-0.39, 0.29) is 35.9 Å². The summed E-state index contributed by atoms with van der Waals surface area (Å²) < 4.78 is 25.0. The Bertz CT molecular complexity index is 864. The van der Waals surface area contributed by atoms with Gasteiger partial charge in [-0.05, 0) is 64.3 Å². The van der Waals surface area contributed by atoms with E-state index in [0.29, 0.717) is 18.2 Å². The molecule has 9 heteroatoms. The van der Waals surface area contributed by atoms with Crippen molar-refractivity contribution >= 4 is 29.9 Å². The van der Waals surface area contributed by atoms with Gasteiger partial charge in [0.25, 0.3) is 0 Å². The molecule has 0 aliphatic carbocycles. The van der Waals surface area contributed by atoms with Crippen LogP contribution in [0.2, 0.25) is 0 Å². The number of guanidine groups is 1. The molecule has 1 saturated heterocycles. The second-order valence-electron chi connectivity index (χ2n) is 8.41. The smallest absolute Gasteiger partial charge is 0.208 e. The minimum Gasteiger partial charge on any atom is -0.489 e. The lowest BCUT2D eigenvalue weighted by atomic mass is 9.97. The maximum atomic E-state index is 13.4. The molecule has 1 aromatic carbocycles. The van der Waals surface area contributed by atoms with Gasteiger partial charge >= 0.3 is 0 Å². The summed E-state index contributed by atoms with van der Waals surface area (Å²) >= 11 is 0. The van der Waals surface area contributed by atoms with Gasteiger partial charge in [-0.1, -0.05) is 13.0 Å². The number of hydrogen-bond acceptors (Lipinski definition) is 5. The molecule has 2 heterocycles. The zero-order valence-electron chi connectivity index (χ0n) is 20.1. The van der Waals surface area contributed by atoms with Crippen molar-refractivity contribution in [2.24, 2.45) is 10.9 Å². The van der Waals surface area contributed by atoms with Crippen LogP contribution in [0.25, 0.3) is 0 Å². The van der Waals surface area contributed by atoms with Gasteiger partial charge < -0.3 is 19.8 Å². The van der Waals surface area contributed by atoms with E-state index >= 15 is 0 Å². The molecule has 0 spiro atoms. The quantitative estimate of drug-likeness (QED) is 0.265. The zero-order valence-corrected chi connectivity index (χ0v) is 22.4. The molecule has 1 aromatic heterocycles. The first-order chi connectivity index (χ1) is 15.5. The summed E-state index contributed by atoms with van der Waals surface area (Å²) in [7, 11) is 1.77. The number of benzene rings is 1. The van der Waals surface area contributed by atoms with E-state index in [0.717, 1.165) is 68.7 Å². The highest BCUT2D eigenvalue weighted by Gasteiger charge is 2.21. The number of likely N-dealkylation sites (tertiary alicyclic amines) is 1. The third-order valence-electron chi connectivity index (χ3n) is 5.97. The number of hydrogen-bond donors (Lipinski definition) is 2. The minimum absolute atomic E-state index is 0. The lowest BCUT2D eigenvalue weighted by molar-refractivity contribution is 0.164. The molecule has 0 radical (unpaired) electrons. The topological polar surface area (TPSA) is 74.9 Å². The second-order valence-corrected chi connectivity index (χ2v) is 8.41. The molecule has 2 N–H and O–H groups in total. The van der Waals surface area contributed by atoms with E-state index in [1.807, 2.05) is 13.8 Å². The van der Waals surface area contributed by atoms with Crippen molar-refractivity contribution in [2.75, 3.05) is 33.2 Å². The Kier molecular flexibility index (Phi) is 11.4. The van der Waals surface area contributed by atoms with Crippen molar-refractivity contribution in [1.82, 2.24) is 20.5 Å². The Labute approximate surface area is 213 Å². The van der Waals surface area contributed by atoms with Crippen LogP contribution in [0.5, 0.6) is 5.75 Å². The van der Waals surface area contributed by atoms with Crippen LogP contribution in [-0.2, 0) is 6.54 Å². The number of aliphatic imine (C=N–C) groups is 1. The van der Waals surface area contributed by atoms with Gasteiger partial charge in [0.05, 0.1) is 18.8 Å². The van der Waals surface area contributed by atoms with Gasteiger partial charge in [-0.15, -0.1) is 24.0 Å². The molecule has 3 rings (SSSR count). The van der Waals surface area contributed by atoms with Crippen LogP contribution in [0.1, 0.15) is 43.5 Å². The average molecular weight is 573 g/mol. The number of nitrogens with one attached hydrogen (secondary N) is 2. The normalized spacial score (nSPS) is 16.2. The van der Waals surface area contributed by atoms with Gasteiger partial charge in [-0.25, -0.2) is 9.37 Å². The number of nitrogens with zero attached hydrogens (tertiary/aromatic N) is 3. The highest BCUT2D eigenvalue weighted by Crippen LogP contribution is 2.19. The van der Waals surface area contributed by atoms with E-state index < -0.39 is 0 Å². The first-order valence-electron chi connectivity index (χ1n) is 11.5. The fourth-order valence-corrected chi connectivity index (χ4v) is 3.82. The molecule has 2 aromatic rings. The summed E-state index contributed by atoms with van der Waals surface area (Å²) in [5, 5.41) is 6.77. The molecule has 0 bridgehead atoms. The zero-order chi connectivity index (χ0) is 22.9. The highest BCUT2D eigenvalue weighted by molar-refractivity contribution is 14.0. The summed E-state index contributed by atoms with van der Waals surface area (Å²) in [4.78, 5) is 11.2. The van der Waals surface area contributed by atoms with Crippen LogP contribution < -0.4 is 15.4 Å². The van der Waals surface area contributed by atoms with Crippen LogP contribution in [-0.4, -0.2) is 55.2 Å². The molecule has 0 amide bonds. The predicted octanol–water partition coefficient (Wildman–Crippen LogP) is 4.28. The predicted molar refractivity (Wildman–Crippen MR) is 140 cm³/mol. The lowest BCUT2D eigenvalue weighted by Gasteiger charge is -2.31. The molecule has 7 nitrogen and oxygen atoms in total. The van der Waals surface area contributed by atoms with E-state index in [1.54, 1.807) is 19.2 Å². The molecule has 1 atom stereocenters. The second kappa shape index (κ2) is 13.7. The van der Waals surface area contributed by atoms with Crippen molar-refractivity contribution in [2.45, 2.75) is 52.7 Å². The van der Waals surface area contributed by atoms with Crippen molar-refractivity contribution in [3.8, 4) is 5.75 Å². The van der Waals surface area contributed by atoms with Crippen molar-refractivity contribution in [3.05, 3.63) is 47.4 Å². The first-order valence-corrected chi connectivity index (χ1v) is 11.5. The van der Waals surface area contributed by atoms with E-state index in [9.17, 15) is 4.39 Å². The third kappa shape index (κ3) is 8.77. The Morgan fingerprint density at radius 2 is 2.06 bits per heavy atom. The number of piperidine rings is 1. The number of oxazole rings is 1. The monoisotopic (exact) mass is 573 g/mol. The summed E-state index contributed by atoms with van der Waals surface area (Å²) in [6.45, 7) is 10.3. The van der Waals surface area contributed by atoms with Gasteiger partial charge in [-0.2, -0.15) is 0 Å². The van der Waals surface area contributed by atoms with E-state index in [2.05, 4.69) is 32.4 Å². The standard InChI is InChI=1S/C24H36FN5O2.HI/c1-5-21(32-22-8-6-7-20(25)13-22)15-28-24(26-4)27-14-19-9-11-30(12-10-19)16-23-29-17(2)18(3)31-23;/h6-8,13,19,21H,5,9-12,14-16H2,1-4H3,(H2,26,27,28);1H. The maximum Gasteiger partial charge on any atom is 0.208 e. The van der Waals surface area contributed by atoms with E-state index in [4.69, 9.17) is 9.15 Å². The SMILES string of the molecule is CCC(CNC(=NC)NCC1CCN(Cc2nc(C)c(C)o2)CC1)Oc1cccc(F)c1.I. The number of halogens is 2. The summed E-state index contributed by atoms with van der Waals surface area (Å²) in [5.41, 5.74) is 0.976.